The fourth-order valence-electron chi connectivity index (χ4n) is 3.46. The first kappa shape index (κ1) is 28.5. The Morgan fingerprint density at radius 2 is 1.97 bits per heavy atom. The Labute approximate surface area is 220 Å². The number of aryl methyl sites for hydroxylation is 1. The van der Waals surface area contributed by atoms with Gasteiger partial charge in [0.25, 0.3) is 11.5 Å². The van der Waals surface area contributed by atoms with Crippen molar-refractivity contribution in [2.45, 2.75) is 45.3 Å². The largest absolute Gasteiger partial charge is 0.490 e. The summed E-state index contributed by atoms with van der Waals surface area (Å²) in [6.45, 7) is 3.06. The second-order valence-corrected chi connectivity index (χ2v) is 8.66. The predicted molar refractivity (Wildman–Crippen MR) is 133 cm³/mol. The molecule has 204 valence electrons. The maximum atomic E-state index is 13.1. The number of carboxylic acids is 1. The molecule has 0 fully saturated rings. The highest BCUT2D eigenvalue weighted by Gasteiger charge is 2.38. The Bertz CT molecular complexity index is 1510. The quantitative estimate of drug-likeness (QED) is 0.173. The maximum absolute atomic E-state index is 13.1. The Morgan fingerprint density at radius 3 is 2.61 bits per heavy atom. The highest BCUT2D eigenvalue weighted by molar-refractivity contribution is 9.10. The topological polar surface area (TPSA) is 186 Å². The molecule has 0 radical (unpaired) electrons. The molecule has 0 unspecified atom stereocenters. The van der Waals surface area contributed by atoms with E-state index >= 15 is 0 Å². The van der Waals surface area contributed by atoms with Crippen molar-refractivity contribution >= 4 is 50.4 Å². The molecule has 0 aromatic carbocycles. The molecule has 0 atom stereocenters. The number of nitrogens with two attached hydrogens (primary N) is 1. The average Bonchev–Trinajstić information content (AvgIpc) is 3.45. The molecular formula is C21H23BrF3N9O4. The summed E-state index contributed by atoms with van der Waals surface area (Å²) in [5, 5.41) is 18.4. The van der Waals surface area contributed by atoms with E-state index in [1.54, 1.807) is 6.07 Å². The van der Waals surface area contributed by atoms with Crippen LogP contribution in [0.2, 0.25) is 0 Å². The van der Waals surface area contributed by atoms with Crippen molar-refractivity contribution in [1.82, 2.24) is 39.4 Å². The molecule has 17 heteroatoms. The molecular weight excluding hydrogens is 579 g/mol. The number of hydrogen-bond donors (Lipinski definition) is 4. The zero-order valence-corrected chi connectivity index (χ0v) is 21.5. The first-order chi connectivity index (χ1) is 18.0. The number of fused-ring (bicyclic) bond motifs is 2. The molecule has 13 nitrogen and oxygen atoms in total. The lowest BCUT2D eigenvalue weighted by Crippen LogP contribution is -2.28. The summed E-state index contributed by atoms with van der Waals surface area (Å²) in [7, 11) is 0. The van der Waals surface area contributed by atoms with Crippen LogP contribution in [-0.4, -0.2) is 63.8 Å². The minimum Gasteiger partial charge on any atom is -0.475 e. The van der Waals surface area contributed by atoms with Crippen LogP contribution in [0, 0.1) is 0 Å². The van der Waals surface area contributed by atoms with Crippen LogP contribution >= 0.6 is 15.9 Å². The normalized spacial score (nSPS) is 11.4. The molecule has 0 aliphatic carbocycles. The minimum absolute atomic E-state index is 0.265. The summed E-state index contributed by atoms with van der Waals surface area (Å²) in [6, 6.07) is 1.55. The molecule has 4 aromatic rings. The van der Waals surface area contributed by atoms with E-state index in [9.17, 15) is 22.8 Å². The van der Waals surface area contributed by atoms with E-state index in [0.29, 0.717) is 51.7 Å². The molecule has 0 spiro atoms. The highest BCUT2D eigenvalue weighted by atomic mass is 79.9. The third kappa shape index (κ3) is 6.45. The molecule has 38 heavy (non-hydrogen) atoms. The molecule has 0 aliphatic rings. The van der Waals surface area contributed by atoms with Gasteiger partial charge in [-0.1, -0.05) is 19.8 Å². The second-order valence-electron chi connectivity index (χ2n) is 7.91. The van der Waals surface area contributed by atoms with Crippen molar-refractivity contribution in [3.05, 3.63) is 44.9 Å². The molecule has 1 amide bonds. The van der Waals surface area contributed by atoms with Gasteiger partial charge in [-0.25, -0.2) is 14.2 Å². The Kier molecular flexibility index (Phi) is 9.03. The zero-order valence-electron chi connectivity index (χ0n) is 19.9. The van der Waals surface area contributed by atoms with E-state index in [-0.39, 0.29) is 18.0 Å². The molecule has 4 rings (SSSR count). The van der Waals surface area contributed by atoms with E-state index < -0.39 is 12.1 Å². The number of carbonyl (C=O) groups excluding carboxylic acids is 1. The molecule has 0 aliphatic heterocycles. The number of carboxylic acid groups (broad SMARTS) is 1. The van der Waals surface area contributed by atoms with Gasteiger partial charge in [0.2, 0.25) is 5.78 Å². The number of nitrogens with zero attached hydrogens (tertiary/aromatic N) is 6. The second kappa shape index (κ2) is 12.0. The van der Waals surface area contributed by atoms with E-state index in [0.717, 1.165) is 19.3 Å². The van der Waals surface area contributed by atoms with Gasteiger partial charge in [-0.2, -0.15) is 13.2 Å². The van der Waals surface area contributed by atoms with Gasteiger partial charge in [0.1, 0.15) is 5.82 Å². The van der Waals surface area contributed by atoms with Crippen LogP contribution in [0.1, 0.15) is 42.4 Å². The number of carbonyl (C=O) groups is 2. The van der Waals surface area contributed by atoms with Gasteiger partial charge >= 0.3 is 12.1 Å². The number of nitrogens with one attached hydrogen (secondary N) is 2. The van der Waals surface area contributed by atoms with E-state index in [4.69, 9.17) is 15.6 Å². The third-order valence-corrected chi connectivity index (χ3v) is 5.62. The van der Waals surface area contributed by atoms with Crippen molar-refractivity contribution in [2.75, 3.05) is 12.3 Å². The molecule has 0 bridgehead atoms. The number of alkyl halides is 3. The number of rotatable bonds is 8. The van der Waals surface area contributed by atoms with Gasteiger partial charge in [-0.3, -0.25) is 19.1 Å². The van der Waals surface area contributed by atoms with Gasteiger partial charge in [-0.15, -0.1) is 10.2 Å². The highest BCUT2D eigenvalue weighted by Crippen LogP contribution is 2.17. The Morgan fingerprint density at radius 1 is 1.26 bits per heavy atom. The lowest BCUT2D eigenvalue weighted by atomic mass is 10.2. The zero-order chi connectivity index (χ0) is 28.0. The van der Waals surface area contributed by atoms with Gasteiger partial charge < -0.3 is 21.1 Å². The minimum atomic E-state index is -5.08. The van der Waals surface area contributed by atoms with Crippen molar-refractivity contribution in [3.8, 4) is 0 Å². The van der Waals surface area contributed by atoms with Crippen molar-refractivity contribution < 1.29 is 27.9 Å². The maximum Gasteiger partial charge on any atom is 0.490 e. The molecule has 0 saturated carbocycles. The van der Waals surface area contributed by atoms with E-state index in [1.807, 2.05) is 4.57 Å². The number of nitrogen functional groups attached to an aromatic ring is 1. The molecule has 5 N–H and O–H groups in total. The summed E-state index contributed by atoms with van der Waals surface area (Å²) < 4.78 is 35.6. The summed E-state index contributed by atoms with van der Waals surface area (Å²) in [4.78, 5) is 45.6. The summed E-state index contributed by atoms with van der Waals surface area (Å²) in [6.07, 6.45) is 1.23. The molecule has 4 aromatic heterocycles. The van der Waals surface area contributed by atoms with Crippen molar-refractivity contribution in [1.29, 1.82) is 0 Å². The fourth-order valence-corrected chi connectivity index (χ4v) is 3.83. The van der Waals surface area contributed by atoms with Gasteiger partial charge in [0.05, 0.1) is 17.4 Å². The number of pyridine rings is 1. The number of amides is 1. The van der Waals surface area contributed by atoms with Crippen LogP contribution in [0.4, 0.5) is 18.9 Å². The number of unbranched alkanes of at least 4 members (excludes halogenated alkanes) is 2. The third-order valence-electron chi connectivity index (χ3n) is 5.24. The number of anilines is 1. The van der Waals surface area contributed by atoms with E-state index in [2.05, 4.69) is 53.3 Å². The number of H-pyrrole nitrogens is 1. The van der Waals surface area contributed by atoms with Gasteiger partial charge in [-0.05, 0) is 28.4 Å². The fraction of sp³-hybridized carbons (Fsp3) is 0.381. The number of aliphatic carboxylic acids is 1. The molecule has 0 saturated heterocycles. The van der Waals surface area contributed by atoms with Crippen LogP contribution in [0.15, 0.2) is 28.0 Å². The number of imidazole rings is 1. The Balaban J connectivity index is 0.000000505. The number of aromatic nitrogens is 7. The van der Waals surface area contributed by atoms with Gasteiger partial charge in [0.15, 0.2) is 15.9 Å². The monoisotopic (exact) mass is 601 g/mol. The SMILES string of the molecule is CCCCCn1c2nc(Br)[nH]c2c(=O)n2c(CCNC(=O)c3ccncc3N)nnc12.O=C(O)C(F)(F)F. The average molecular weight is 602 g/mol. The van der Waals surface area contributed by atoms with Gasteiger partial charge in [0, 0.05) is 25.7 Å². The van der Waals surface area contributed by atoms with Crippen LogP contribution in [0.25, 0.3) is 16.9 Å². The number of aromatic amines is 1. The van der Waals surface area contributed by atoms with Crippen LogP contribution < -0.4 is 16.6 Å². The first-order valence-electron chi connectivity index (χ1n) is 11.3. The number of hydrogen-bond acceptors (Lipinski definition) is 8. The standard InChI is InChI=1S/C19H22BrN9O2.C2HF3O2/c1-2-3-4-9-28-15-14(24-18(20)25-15)17(31)29-13(26-27-19(28)29)6-8-23-16(30)11-5-7-22-10-12(11)21;3-2(4,5)1(6)7/h5,7,10H,2-4,6,8-9,21H2,1H3,(H,23,30)(H,24,25);(H,6,7). The van der Waals surface area contributed by atoms with Crippen LogP contribution in [-0.2, 0) is 17.8 Å². The molecule has 4 heterocycles. The Hall–Kier alpha value is -4.02. The smallest absolute Gasteiger partial charge is 0.475 e. The summed E-state index contributed by atoms with van der Waals surface area (Å²) in [5.74, 6) is -2.18. The van der Waals surface area contributed by atoms with Crippen molar-refractivity contribution in [2.24, 2.45) is 0 Å². The van der Waals surface area contributed by atoms with Crippen LogP contribution in [0.3, 0.4) is 0 Å². The lowest BCUT2D eigenvalue weighted by molar-refractivity contribution is -0.192. The van der Waals surface area contributed by atoms with Crippen LogP contribution in [0.5, 0.6) is 0 Å². The predicted octanol–water partition coefficient (Wildman–Crippen LogP) is 2.30. The van der Waals surface area contributed by atoms with E-state index in [1.165, 1.54) is 16.8 Å². The summed E-state index contributed by atoms with van der Waals surface area (Å²) in [5.41, 5.74) is 7.09. The first-order valence-corrected chi connectivity index (χ1v) is 12.0. The lowest BCUT2D eigenvalue weighted by Gasteiger charge is -2.09. The summed E-state index contributed by atoms with van der Waals surface area (Å²) >= 11 is 3.31. The number of halogens is 4. The van der Waals surface area contributed by atoms with Crippen molar-refractivity contribution in [3.63, 3.8) is 0 Å².